The second-order valence-corrected chi connectivity index (χ2v) is 5.00. The Hall–Kier alpha value is -1.30. The largest absolute Gasteiger partial charge is 0.395 e. The molecule has 0 bridgehead atoms. The van der Waals surface area contributed by atoms with Crippen molar-refractivity contribution in [3.63, 3.8) is 0 Å². The topological polar surface area (TPSA) is 83.8 Å². The molecule has 1 heterocycles. The molecular weight excluding hydrogens is 272 g/mol. The molecule has 0 aliphatic heterocycles. The summed E-state index contributed by atoms with van der Waals surface area (Å²) in [5, 5.41) is 9.45. The third kappa shape index (κ3) is 2.27. The molecule has 0 saturated heterocycles. The van der Waals surface area contributed by atoms with Crippen LogP contribution in [0, 0.1) is 0 Å². The first-order chi connectivity index (χ1) is 7.59. The van der Waals surface area contributed by atoms with Crippen LogP contribution in [0.5, 0.6) is 0 Å². The zero-order chi connectivity index (χ0) is 11.7. The van der Waals surface area contributed by atoms with E-state index in [9.17, 15) is 4.79 Å². The minimum absolute atomic E-state index is 0.274. The smallest absolute Gasteiger partial charge is 0.274 e. The molecule has 1 saturated carbocycles. The number of nitrogens with one attached hydrogen (secondary N) is 2. The fourth-order valence-electron chi connectivity index (χ4n) is 1.48. The number of nitrogen functional groups attached to an aromatic ring is 1. The molecule has 0 aromatic carbocycles. The summed E-state index contributed by atoms with van der Waals surface area (Å²) in [7, 11) is 0. The van der Waals surface area contributed by atoms with Crippen LogP contribution >= 0.6 is 15.9 Å². The van der Waals surface area contributed by atoms with Crippen LogP contribution < -0.4 is 11.1 Å². The molecule has 0 atom stereocenters. The molecule has 1 aliphatic carbocycles. The molecule has 1 aliphatic rings. The minimum atomic E-state index is -0.277. The number of aromatic amines is 1. The monoisotopic (exact) mass is 284 g/mol. The standard InChI is InChI=1S/C10H13BrN4O/c1-5(11)4-13-10(16)9-7(12)8(14-15-9)6-2-3-6/h6H,1-4,12H2,(H,13,16)(H,14,15). The number of hydrogen-bond donors (Lipinski definition) is 3. The van der Waals surface area contributed by atoms with Crippen molar-refractivity contribution in [2.75, 3.05) is 12.3 Å². The number of halogens is 1. The summed E-state index contributed by atoms with van der Waals surface area (Å²) in [6, 6.07) is 0. The van der Waals surface area contributed by atoms with Crippen LogP contribution in [0.15, 0.2) is 11.1 Å². The summed E-state index contributed by atoms with van der Waals surface area (Å²) in [4.78, 5) is 11.7. The average Bonchev–Trinajstić information content (AvgIpc) is 2.99. The number of nitrogens with two attached hydrogens (primary N) is 1. The molecule has 0 unspecified atom stereocenters. The lowest BCUT2D eigenvalue weighted by molar-refractivity contribution is 0.0953. The van der Waals surface area contributed by atoms with Crippen molar-refractivity contribution in [2.45, 2.75) is 18.8 Å². The van der Waals surface area contributed by atoms with Gasteiger partial charge in [0.2, 0.25) is 0 Å². The van der Waals surface area contributed by atoms with Crippen LogP contribution in [-0.2, 0) is 0 Å². The number of nitrogens with zero attached hydrogens (tertiary/aromatic N) is 1. The number of carbonyl (C=O) groups is 1. The summed E-state index contributed by atoms with van der Waals surface area (Å²) in [6.07, 6.45) is 2.23. The van der Waals surface area contributed by atoms with E-state index in [2.05, 4.69) is 38.0 Å². The maximum Gasteiger partial charge on any atom is 0.274 e. The van der Waals surface area contributed by atoms with Gasteiger partial charge in [0.05, 0.1) is 11.4 Å². The number of anilines is 1. The quantitative estimate of drug-likeness (QED) is 0.784. The molecule has 16 heavy (non-hydrogen) atoms. The van der Waals surface area contributed by atoms with Gasteiger partial charge in [0.15, 0.2) is 5.69 Å². The second-order valence-electron chi connectivity index (χ2n) is 3.87. The highest BCUT2D eigenvalue weighted by molar-refractivity contribution is 9.11. The van der Waals surface area contributed by atoms with Gasteiger partial charge in [-0.15, -0.1) is 0 Å². The zero-order valence-electron chi connectivity index (χ0n) is 8.72. The summed E-state index contributed by atoms with van der Waals surface area (Å²) in [6.45, 7) is 3.99. The molecule has 1 aromatic rings. The van der Waals surface area contributed by atoms with Crippen LogP contribution in [0.4, 0.5) is 5.69 Å². The van der Waals surface area contributed by atoms with Crippen molar-refractivity contribution in [2.24, 2.45) is 0 Å². The third-order valence-corrected chi connectivity index (χ3v) is 2.76. The molecule has 1 fully saturated rings. The van der Waals surface area contributed by atoms with Crippen molar-refractivity contribution in [1.29, 1.82) is 0 Å². The maximum atomic E-state index is 11.7. The number of rotatable bonds is 4. The molecule has 0 spiro atoms. The van der Waals surface area contributed by atoms with E-state index in [0.717, 1.165) is 18.5 Å². The molecule has 4 N–H and O–H groups in total. The van der Waals surface area contributed by atoms with E-state index >= 15 is 0 Å². The van der Waals surface area contributed by atoms with Gasteiger partial charge in [0, 0.05) is 16.9 Å². The average molecular weight is 285 g/mol. The van der Waals surface area contributed by atoms with E-state index in [1.165, 1.54) is 0 Å². The second kappa shape index (κ2) is 4.29. The van der Waals surface area contributed by atoms with Crippen LogP contribution in [0.3, 0.4) is 0 Å². The highest BCUT2D eigenvalue weighted by Crippen LogP contribution is 2.42. The van der Waals surface area contributed by atoms with Gasteiger partial charge in [-0.05, 0) is 12.8 Å². The van der Waals surface area contributed by atoms with Crippen LogP contribution in [0.25, 0.3) is 0 Å². The van der Waals surface area contributed by atoms with Crippen LogP contribution in [-0.4, -0.2) is 22.6 Å². The van der Waals surface area contributed by atoms with Gasteiger partial charge in [0.25, 0.3) is 5.91 Å². The third-order valence-electron chi connectivity index (χ3n) is 2.47. The van der Waals surface area contributed by atoms with E-state index < -0.39 is 0 Å². The predicted octanol–water partition coefficient (Wildman–Crippen LogP) is 1.51. The molecule has 0 radical (unpaired) electrons. The van der Waals surface area contributed by atoms with Gasteiger partial charge in [-0.25, -0.2) is 0 Å². The maximum absolute atomic E-state index is 11.7. The number of aromatic nitrogens is 2. The molecule has 1 aromatic heterocycles. The van der Waals surface area contributed by atoms with Gasteiger partial charge in [0.1, 0.15) is 0 Å². The van der Waals surface area contributed by atoms with Gasteiger partial charge < -0.3 is 11.1 Å². The van der Waals surface area contributed by atoms with E-state index in [-0.39, 0.29) is 11.6 Å². The van der Waals surface area contributed by atoms with Crippen LogP contribution in [0.1, 0.15) is 34.9 Å². The van der Waals surface area contributed by atoms with Gasteiger partial charge in [-0.2, -0.15) is 5.10 Å². The lowest BCUT2D eigenvalue weighted by Crippen LogP contribution is -2.25. The van der Waals surface area contributed by atoms with Crippen molar-refractivity contribution >= 4 is 27.5 Å². The van der Waals surface area contributed by atoms with E-state index in [1.54, 1.807) is 0 Å². The lowest BCUT2D eigenvalue weighted by Gasteiger charge is -2.02. The highest BCUT2D eigenvalue weighted by Gasteiger charge is 2.30. The van der Waals surface area contributed by atoms with E-state index in [1.807, 2.05) is 0 Å². The molecule has 5 nitrogen and oxygen atoms in total. The molecule has 86 valence electrons. The SMILES string of the molecule is C=C(Br)CNC(=O)c1n[nH]c(C2CC2)c1N. The summed E-state index contributed by atoms with van der Waals surface area (Å²) < 4.78 is 0.706. The van der Waals surface area contributed by atoms with E-state index in [4.69, 9.17) is 5.73 Å². The van der Waals surface area contributed by atoms with Crippen molar-refractivity contribution in [3.05, 3.63) is 22.4 Å². The Balaban J connectivity index is 2.08. The molecule has 1 amide bonds. The van der Waals surface area contributed by atoms with Crippen molar-refractivity contribution < 1.29 is 4.79 Å². The van der Waals surface area contributed by atoms with Gasteiger partial charge in [-0.3, -0.25) is 9.89 Å². The predicted molar refractivity (Wildman–Crippen MR) is 65.4 cm³/mol. The summed E-state index contributed by atoms with van der Waals surface area (Å²) in [5.74, 6) is 0.182. The Bertz CT molecular complexity index is 436. The van der Waals surface area contributed by atoms with Crippen molar-refractivity contribution in [1.82, 2.24) is 15.5 Å². The Morgan fingerprint density at radius 2 is 2.38 bits per heavy atom. The first-order valence-corrected chi connectivity index (χ1v) is 5.84. The molecule has 6 heteroatoms. The summed E-state index contributed by atoms with van der Waals surface area (Å²) >= 11 is 3.16. The number of carbonyl (C=O) groups excluding carboxylic acids is 1. The Labute approximate surface area is 102 Å². The molecular formula is C10H13BrN4O. The highest BCUT2D eigenvalue weighted by atomic mass is 79.9. The van der Waals surface area contributed by atoms with Crippen molar-refractivity contribution in [3.8, 4) is 0 Å². The fourth-order valence-corrected chi connectivity index (χ4v) is 1.62. The Kier molecular flexibility index (Phi) is 3.00. The van der Waals surface area contributed by atoms with Crippen LogP contribution in [0.2, 0.25) is 0 Å². The minimum Gasteiger partial charge on any atom is -0.395 e. The fraction of sp³-hybridized carbons (Fsp3) is 0.400. The summed E-state index contributed by atoms with van der Waals surface area (Å²) in [5.41, 5.74) is 7.50. The number of amides is 1. The van der Waals surface area contributed by atoms with Gasteiger partial charge >= 0.3 is 0 Å². The zero-order valence-corrected chi connectivity index (χ0v) is 10.3. The van der Waals surface area contributed by atoms with E-state index in [0.29, 0.717) is 22.6 Å². The van der Waals surface area contributed by atoms with Gasteiger partial charge in [-0.1, -0.05) is 22.5 Å². The molecule has 2 rings (SSSR count). The number of hydrogen-bond acceptors (Lipinski definition) is 3. The Morgan fingerprint density at radius 1 is 1.69 bits per heavy atom. The normalized spacial score (nSPS) is 14.8. The lowest BCUT2D eigenvalue weighted by atomic mass is 10.2. The first kappa shape index (κ1) is 11.2. The Morgan fingerprint density at radius 3 is 2.94 bits per heavy atom. The number of H-pyrrole nitrogens is 1. The first-order valence-electron chi connectivity index (χ1n) is 5.04.